The Morgan fingerprint density at radius 3 is 2.27 bits per heavy atom. The molecule has 0 radical (unpaired) electrons. The Balaban J connectivity index is 1.71. The zero-order valence-electron chi connectivity index (χ0n) is 21.8. The van der Waals surface area contributed by atoms with Gasteiger partial charge in [0.2, 0.25) is 0 Å². The second-order valence-electron chi connectivity index (χ2n) is 10.3. The zero-order chi connectivity index (χ0) is 26.6. The number of hydrogen-bond acceptors (Lipinski definition) is 4. The number of anilines is 1. The quantitative estimate of drug-likeness (QED) is 0.416. The third-order valence-electron chi connectivity index (χ3n) is 7.37. The fraction of sp³-hybridized carbons (Fsp3) is 0.393. The van der Waals surface area contributed by atoms with Gasteiger partial charge in [0.25, 0.3) is 5.91 Å². The van der Waals surface area contributed by atoms with Crippen LogP contribution in [0, 0.1) is 13.8 Å². The second-order valence-corrected chi connectivity index (χ2v) is 11.2. The van der Waals surface area contributed by atoms with Crippen molar-refractivity contribution in [2.24, 2.45) is 0 Å². The molecule has 3 aromatic rings. The van der Waals surface area contributed by atoms with Crippen LogP contribution in [0.15, 0.2) is 36.4 Å². The molecular weight excluding hydrogens is 509 g/mol. The van der Waals surface area contributed by atoms with E-state index in [1.807, 2.05) is 76.0 Å². The van der Waals surface area contributed by atoms with Crippen LogP contribution in [0.1, 0.15) is 64.2 Å². The molecular formula is C28H31Cl2N5O2. The molecule has 3 heterocycles. The molecule has 2 amide bonds. The molecule has 5 rings (SSSR count). The molecule has 194 valence electrons. The standard InChI is InChI=1S/C28H31Cl2N5O2/c1-16(2)25-23-24(31-35(25)28(37)33-12-10-32(5)11-13-33)27(36)34(22-15-20(30)7-6-17(22)3)26(23)21-9-8-19(29)14-18(21)4/h6-9,14-16,26H,10-13H2,1-5H3. The first kappa shape index (κ1) is 25.8. The number of amides is 2. The minimum Gasteiger partial charge on any atom is -0.320 e. The summed E-state index contributed by atoms with van der Waals surface area (Å²) in [5.41, 5.74) is 5.37. The first-order valence-corrected chi connectivity index (χ1v) is 13.3. The van der Waals surface area contributed by atoms with Crippen LogP contribution in [0.25, 0.3) is 0 Å². The number of carbonyl (C=O) groups excluding carboxylic acids is 2. The van der Waals surface area contributed by atoms with Crippen molar-refractivity contribution < 1.29 is 9.59 Å². The van der Waals surface area contributed by atoms with Crippen LogP contribution >= 0.6 is 23.2 Å². The summed E-state index contributed by atoms with van der Waals surface area (Å²) >= 11 is 12.7. The molecule has 0 saturated carbocycles. The highest BCUT2D eigenvalue weighted by Crippen LogP contribution is 2.47. The van der Waals surface area contributed by atoms with E-state index in [4.69, 9.17) is 28.3 Å². The van der Waals surface area contributed by atoms with E-state index in [1.165, 1.54) is 4.68 Å². The summed E-state index contributed by atoms with van der Waals surface area (Å²) in [7, 11) is 2.05. The smallest absolute Gasteiger partial charge is 0.320 e. The van der Waals surface area contributed by atoms with E-state index in [2.05, 4.69) is 4.90 Å². The van der Waals surface area contributed by atoms with Crippen LogP contribution in [0.3, 0.4) is 0 Å². The Hall–Kier alpha value is -2.87. The molecule has 9 heteroatoms. The summed E-state index contributed by atoms with van der Waals surface area (Å²) in [4.78, 5) is 33.6. The fourth-order valence-corrected chi connectivity index (χ4v) is 5.79. The van der Waals surface area contributed by atoms with Crippen molar-refractivity contribution in [1.29, 1.82) is 0 Å². The number of aromatic nitrogens is 2. The molecule has 7 nitrogen and oxygen atoms in total. The fourth-order valence-electron chi connectivity index (χ4n) is 5.40. The van der Waals surface area contributed by atoms with Gasteiger partial charge in [0.05, 0.1) is 11.7 Å². The van der Waals surface area contributed by atoms with Crippen molar-refractivity contribution in [2.45, 2.75) is 39.7 Å². The van der Waals surface area contributed by atoms with E-state index in [9.17, 15) is 9.59 Å². The Bertz CT molecular complexity index is 1390. The third-order valence-corrected chi connectivity index (χ3v) is 7.84. The largest absolute Gasteiger partial charge is 0.345 e. The van der Waals surface area contributed by atoms with Gasteiger partial charge in [-0.25, -0.2) is 4.79 Å². The van der Waals surface area contributed by atoms with Gasteiger partial charge in [-0.05, 0) is 67.8 Å². The van der Waals surface area contributed by atoms with E-state index in [1.54, 1.807) is 4.90 Å². The predicted octanol–water partition coefficient (Wildman–Crippen LogP) is 5.90. The van der Waals surface area contributed by atoms with Crippen LogP contribution in [0.2, 0.25) is 10.0 Å². The minimum atomic E-state index is -0.469. The van der Waals surface area contributed by atoms with Gasteiger partial charge in [-0.3, -0.25) is 9.69 Å². The lowest BCUT2D eigenvalue weighted by atomic mass is 9.91. The summed E-state index contributed by atoms with van der Waals surface area (Å²) in [5, 5.41) is 5.87. The number of hydrogen-bond donors (Lipinski definition) is 0. The summed E-state index contributed by atoms with van der Waals surface area (Å²) in [5.74, 6) is -0.289. The van der Waals surface area contributed by atoms with Gasteiger partial charge in [0.1, 0.15) is 0 Å². The maximum absolute atomic E-state index is 14.1. The molecule has 0 spiro atoms. The van der Waals surface area contributed by atoms with Gasteiger partial charge < -0.3 is 9.80 Å². The van der Waals surface area contributed by atoms with Crippen LogP contribution in [0.4, 0.5) is 10.5 Å². The highest BCUT2D eigenvalue weighted by atomic mass is 35.5. The predicted molar refractivity (Wildman–Crippen MR) is 147 cm³/mol. The van der Waals surface area contributed by atoms with E-state index in [0.717, 1.165) is 46.7 Å². The lowest BCUT2D eigenvalue weighted by Gasteiger charge is -2.33. The van der Waals surface area contributed by atoms with E-state index in [-0.39, 0.29) is 17.9 Å². The third kappa shape index (κ3) is 4.43. The summed E-state index contributed by atoms with van der Waals surface area (Å²) in [6.45, 7) is 10.9. The number of rotatable bonds is 3. The number of halogens is 2. The second kappa shape index (κ2) is 9.78. The van der Waals surface area contributed by atoms with Gasteiger partial charge in [0.15, 0.2) is 5.69 Å². The van der Waals surface area contributed by atoms with Gasteiger partial charge in [-0.1, -0.05) is 49.2 Å². The molecule has 1 aromatic heterocycles. The van der Waals surface area contributed by atoms with Crippen molar-refractivity contribution in [3.05, 3.63) is 80.1 Å². The van der Waals surface area contributed by atoms with Gasteiger partial charge >= 0.3 is 6.03 Å². The Kier molecular flexibility index (Phi) is 6.81. The molecule has 0 aliphatic carbocycles. The average Bonchev–Trinajstić information content (AvgIpc) is 3.36. The van der Waals surface area contributed by atoms with E-state index >= 15 is 0 Å². The maximum Gasteiger partial charge on any atom is 0.345 e. The Labute approximate surface area is 227 Å². The van der Waals surface area contributed by atoms with Crippen LogP contribution in [-0.4, -0.2) is 64.7 Å². The average molecular weight is 540 g/mol. The molecule has 37 heavy (non-hydrogen) atoms. The van der Waals surface area contributed by atoms with Crippen molar-refractivity contribution in [3.63, 3.8) is 0 Å². The first-order valence-electron chi connectivity index (χ1n) is 12.5. The molecule has 1 fully saturated rings. The maximum atomic E-state index is 14.1. The number of benzene rings is 2. The van der Waals surface area contributed by atoms with Crippen LogP contribution in [-0.2, 0) is 0 Å². The minimum absolute atomic E-state index is 0.0454. The molecule has 0 N–H and O–H groups in total. The molecule has 1 saturated heterocycles. The van der Waals surface area contributed by atoms with Gasteiger partial charge in [-0.15, -0.1) is 0 Å². The van der Waals surface area contributed by atoms with Crippen LogP contribution in [0.5, 0.6) is 0 Å². The lowest BCUT2D eigenvalue weighted by Crippen LogP contribution is -2.49. The zero-order valence-corrected chi connectivity index (χ0v) is 23.3. The number of likely N-dealkylation sites (N-methyl/N-ethyl adjacent to an activating group) is 1. The summed E-state index contributed by atoms with van der Waals surface area (Å²) in [6.07, 6.45) is 0. The summed E-state index contributed by atoms with van der Waals surface area (Å²) < 4.78 is 1.47. The van der Waals surface area contributed by atoms with Crippen molar-refractivity contribution in [2.75, 3.05) is 38.1 Å². The molecule has 1 atom stereocenters. The lowest BCUT2D eigenvalue weighted by molar-refractivity contribution is 0.0987. The number of carbonyl (C=O) groups is 2. The van der Waals surface area contributed by atoms with Crippen molar-refractivity contribution in [1.82, 2.24) is 19.6 Å². The molecule has 2 aliphatic heterocycles. The summed E-state index contributed by atoms with van der Waals surface area (Å²) in [6, 6.07) is 10.6. The van der Waals surface area contributed by atoms with E-state index < -0.39 is 6.04 Å². The number of nitrogens with zero attached hydrogens (tertiary/aromatic N) is 5. The van der Waals surface area contributed by atoms with Crippen LogP contribution < -0.4 is 4.90 Å². The number of fused-ring (bicyclic) bond motifs is 1. The number of piperazine rings is 1. The first-order chi connectivity index (χ1) is 17.6. The van der Waals surface area contributed by atoms with Gasteiger partial charge in [-0.2, -0.15) is 9.78 Å². The van der Waals surface area contributed by atoms with Gasteiger partial charge in [0, 0.05) is 47.5 Å². The molecule has 2 aliphatic rings. The van der Waals surface area contributed by atoms with Crippen molar-refractivity contribution in [3.8, 4) is 0 Å². The highest BCUT2D eigenvalue weighted by molar-refractivity contribution is 6.31. The Morgan fingerprint density at radius 2 is 1.62 bits per heavy atom. The van der Waals surface area contributed by atoms with Crippen molar-refractivity contribution >= 4 is 40.8 Å². The normalized spacial score (nSPS) is 18.2. The SMILES string of the molecule is Cc1cc(Cl)ccc1C1c2c(nn(C(=O)N3CCN(C)CC3)c2C(C)C)C(=O)N1c1cc(Cl)ccc1C. The topological polar surface area (TPSA) is 61.7 Å². The van der Waals surface area contributed by atoms with E-state index in [0.29, 0.717) is 28.8 Å². The number of aryl methyl sites for hydroxylation is 2. The molecule has 1 unspecified atom stereocenters. The highest BCUT2D eigenvalue weighted by Gasteiger charge is 2.46. The molecule has 0 bridgehead atoms. The molecule has 2 aromatic carbocycles. The Morgan fingerprint density at radius 1 is 0.973 bits per heavy atom. The monoisotopic (exact) mass is 539 g/mol.